The number of carbonyl (C=O) groups is 1. The lowest BCUT2D eigenvalue weighted by atomic mass is 9.99. The van der Waals surface area contributed by atoms with E-state index in [9.17, 15) is 9.18 Å². The Bertz CT molecular complexity index is 820. The Morgan fingerprint density at radius 2 is 1.82 bits per heavy atom. The molecule has 2 aromatic carbocycles. The molecule has 0 saturated carbocycles. The molecule has 5 nitrogen and oxygen atoms in total. The Hall–Kier alpha value is -2.73. The van der Waals surface area contributed by atoms with Gasteiger partial charge < -0.3 is 0 Å². The monoisotopic (exact) mass is 316 g/mol. The van der Waals surface area contributed by atoms with Gasteiger partial charge in [-0.3, -0.25) is 10.2 Å². The van der Waals surface area contributed by atoms with Crippen LogP contribution in [0.25, 0.3) is 11.1 Å². The molecule has 22 heavy (non-hydrogen) atoms. The maximum atomic E-state index is 14.0. The van der Waals surface area contributed by atoms with Gasteiger partial charge >= 0.3 is 0 Å². The topological polar surface area (TPSA) is 59.8 Å². The number of hydrogen-bond donors (Lipinski definition) is 1. The van der Waals surface area contributed by atoms with Crippen LogP contribution in [-0.2, 0) is 0 Å². The number of aromatic nitrogens is 3. The van der Waals surface area contributed by atoms with E-state index in [0.717, 1.165) is 0 Å². The molecule has 0 unspecified atom stereocenters. The number of halogens is 2. The molecular weight excluding hydrogens is 307 g/mol. The van der Waals surface area contributed by atoms with Crippen LogP contribution in [0.5, 0.6) is 0 Å². The van der Waals surface area contributed by atoms with Gasteiger partial charge in [0.25, 0.3) is 5.91 Å². The molecule has 7 heteroatoms. The van der Waals surface area contributed by atoms with Crippen LogP contribution in [0.1, 0.15) is 10.4 Å². The zero-order valence-corrected chi connectivity index (χ0v) is 12.0. The Balaban J connectivity index is 2.05. The summed E-state index contributed by atoms with van der Waals surface area (Å²) in [6.07, 6.45) is 2.69. The van der Waals surface area contributed by atoms with Crippen LogP contribution in [-0.4, -0.2) is 20.8 Å². The maximum absolute atomic E-state index is 14.0. The molecule has 110 valence electrons. The predicted octanol–water partition coefficient (Wildman–Crippen LogP) is 3.12. The summed E-state index contributed by atoms with van der Waals surface area (Å²) < 4.78 is 15.3. The number of carbonyl (C=O) groups excluding carboxylic acids is 1. The molecule has 1 aromatic heterocycles. The van der Waals surface area contributed by atoms with Crippen molar-refractivity contribution in [3.8, 4) is 11.1 Å². The number of hydrogen-bond acceptors (Lipinski definition) is 3. The van der Waals surface area contributed by atoms with Crippen molar-refractivity contribution in [1.82, 2.24) is 14.9 Å². The SMILES string of the molecule is O=C(Nn1cnnc1)c1ccc(Cl)cc1-c1ccccc1F. The van der Waals surface area contributed by atoms with Gasteiger partial charge in [0.1, 0.15) is 18.5 Å². The molecule has 0 aliphatic carbocycles. The minimum Gasteiger partial charge on any atom is -0.267 e. The molecule has 0 aliphatic heterocycles. The summed E-state index contributed by atoms with van der Waals surface area (Å²) in [6, 6.07) is 10.9. The number of amides is 1. The van der Waals surface area contributed by atoms with Gasteiger partial charge in [0.05, 0.1) is 0 Å². The van der Waals surface area contributed by atoms with Gasteiger partial charge in [-0.2, -0.15) is 0 Å². The van der Waals surface area contributed by atoms with Crippen LogP contribution >= 0.6 is 11.6 Å². The summed E-state index contributed by atoms with van der Waals surface area (Å²) in [5, 5.41) is 7.61. The first-order chi connectivity index (χ1) is 10.6. The average Bonchev–Trinajstić information content (AvgIpc) is 3.00. The van der Waals surface area contributed by atoms with E-state index >= 15 is 0 Å². The van der Waals surface area contributed by atoms with E-state index in [1.54, 1.807) is 36.4 Å². The number of nitrogens with one attached hydrogen (secondary N) is 1. The van der Waals surface area contributed by atoms with E-state index < -0.39 is 11.7 Å². The molecule has 0 atom stereocenters. The smallest absolute Gasteiger partial charge is 0.267 e. The first-order valence-electron chi connectivity index (χ1n) is 6.35. The number of benzene rings is 2. The lowest BCUT2D eigenvalue weighted by Gasteiger charge is -2.11. The second-order valence-electron chi connectivity index (χ2n) is 4.48. The van der Waals surface area contributed by atoms with Gasteiger partial charge in [0.15, 0.2) is 0 Å². The van der Waals surface area contributed by atoms with Crippen molar-refractivity contribution < 1.29 is 9.18 Å². The summed E-state index contributed by atoms with van der Waals surface area (Å²) in [5.74, 6) is -0.849. The molecule has 1 N–H and O–H groups in total. The summed E-state index contributed by atoms with van der Waals surface area (Å²) in [4.78, 5) is 12.4. The van der Waals surface area contributed by atoms with Crippen molar-refractivity contribution in [1.29, 1.82) is 0 Å². The van der Waals surface area contributed by atoms with E-state index in [-0.39, 0.29) is 0 Å². The molecule has 1 heterocycles. The molecule has 0 fully saturated rings. The number of nitrogens with zero attached hydrogens (tertiary/aromatic N) is 3. The van der Waals surface area contributed by atoms with E-state index in [1.165, 1.54) is 23.4 Å². The van der Waals surface area contributed by atoms with E-state index in [2.05, 4.69) is 15.6 Å². The van der Waals surface area contributed by atoms with E-state index in [1.807, 2.05) is 0 Å². The largest absolute Gasteiger partial charge is 0.270 e. The van der Waals surface area contributed by atoms with E-state index in [4.69, 9.17) is 11.6 Å². The van der Waals surface area contributed by atoms with Gasteiger partial charge in [-0.25, -0.2) is 9.07 Å². The summed E-state index contributed by atoms with van der Waals surface area (Å²) in [7, 11) is 0. The minimum absolute atomic E-state index is 0.295. The summed E-state index contributed by atoms with van der Waals surface area (Å²) >= 11 is 5.99. The number of rotatable bonds is 3. The molecule has 0 aliphatic rings. The van der Waals surface area contributed by atoms with Crippen molar-refractivity contribution >= 4 is 17.5 Å². The van der Waals surface area contributed by atoms with Gasteiger partial charge in [0.2, 0.25) is 0 Å². The van der Waals surface area contributed by atoms with Gasteiger partial charge in [-0.1, -0.05) is 29.8 Å². The first kappa shape index (κ1) is 14.2. The van der Waals surface area contributed by atoms with Gasteiger partial charge in [-0.05, 0) is 29.8 Å². The molecule has 3 rings (SSSR count). The van der Waals surface area contributed by atoms with Crippen LogP contribution in [0.3, 0.4) is 0 Å². The van der Waals surface area contributed by atoms with Crippen molar-refractivity contribution in [3.05, 3.63) is 71.5 Å². The fourth-order valence-electron chi connectivity index (χ4n) is 2.05. The van der Waals surface area contributed by atoms with Crippen LogP contribution in [0, 0.1) is 5.82 Å². The van der Waals surface area contributed by atoms with Crippen LogP contribution in [0.2, 0.25) is 5.02 Å². The standard InChI is InChI=1S/C15H10ClFN4O/c16-10-5-6-12(15(22)20-21-8-18-19-9-21)13(7-10)11-3-1-2-4-14(11)17/h1-9H,(H,20,22). The molecule has 0 radical (unpaired) electrons. The highest BCUT2D eigenvalue weighted by Gasteiger charge is 2.16. The Morgan fingerprint density at radius 3 is 2.55 bits per heavy atom. The highest BCUT2D eigenvalue weighted by molar-refractivity contribution is 6.31. The molecule has 0 spiro atoms. The maximum Gasteiger partial charge on any atom is 0.270 e. The average molecular weight is 317 g/mol. The Morgan fingerprint density at radius 1 is 1.09 bits per heavy atom. The quantitative estimate of drug-likeness (QED) is 0.807. The third-order valence-electron chi connectivity index (χ3n) is 3.04. The summed E-state index contributed by atoms with van der Waals surface area (Å²) in [5.41, 5.74) is 3.59. The molecule has 0 bridgehead atoms. The lowest BCUT2D eigenvalue weighted by Crippen LogP contribution is -2.22. The van der Waals surface area contributed by atoms with Crippen LogP contribution in [0.15, 0.2) is 55.1 Å². The van der Waals surface area contributed by atoms with Crippen LogP contribution < -0.4 is 5.43 Å². The van der Waals surface area contributed by atoms with Crippen molar-refractivity contribution in [2.75, 3.05) is 5.43 Å². The fraction of sp³-hybridized carbons (Fsp3) is 0. The lowest BCUT2D eigenvalue weighted by molar-refractivity contribution is 0.101. The highest BCUT2D eigenvalue weighted by atomic mass is 35.5. The minimum atomic E-state index is -0.428. The summed E-state index contributed by atoms with van der Waals surface area (Å²) in [6.45, 7) is 0. The molecule has 1 amide bonds. The van der Waals surface area contributed by atoms with Crippen molar-refractivity contribution in [3.63, 3.8) is 0 Å². The predicted molar refractivity (Wildman–Crippen MR) is 80.6 cm³/mol. The molecular formula is C15H10ClFN4O. The Labute approximate surface area is 130 Å². The third kappa shape index (κ3) is 2.82. The normalized spacial score (nSPS) is 10.5. The molecule has 3 aromatic rings. The first-order valence-corrected chi connectivity index (χ1v) is 6.73. The van der Waals surface area contributed by atoms with Crippen LogP contribution in [0.4, 0.5) is 4.39 Å². The third-order valence-corrected chi connectivity index (χ3v) is 3.27. The highest BCUT2D eigenvalue weighted by Crippen LogP contribution is 2.29. The van der Waals surface area contributed by atoms with Crippen molar-refractivity contribution in [2.24, 2.45) is 0 Å². The fourth-order valence-corrected chi connectivity index (χ4v) is 2.22. The van der Waals surface area contributed by atoms with Gasteiger partial charge in [0, 0.05) is 16.1 Å². The van der Waals surface area contributed by atoms with Crippen molar-refractivity contribution in [2.45, 2.75) is 0 Å². The van der Waals surface area contributed by atoms with Gasteiger partial charge in [-0.15, -0.1) is 10.2 Å². The zero-order valence-electron chi connectivity index (χ0n) is 11.2. The Kier molecular flexibility index (Phi) is 3.84. The second-order valence-corrected chi connectivity index (χ2v) is 4.92. The molecule has 0 saturated heterocycles. The van der Waals surface area contributed by atoms with E-state index in [0.29, 0.717) is 21.7 Å². The second kappa shape index (κ2) is 5.95. The zero-order chi connectivity index (χ0) is 15.5.